The van der Waals surface area contributed by atoms with Crippen LogP contribution < -0.4 is 9.47 Å². The number of hydrogen-bond acceptors (Lipinski definition) is 4. The average molecular weight is 460 g/mol. The molecule has 5 nitrogen and oxygen atoms in total. The Hall–Kier alpha value is -3.16. The van der Waals surface area contributed by atoms with E-state index in [4.69, 9.17) is 9.47 Å². The fourth-order valence-corrected chi connectivity index (χ4v) is 4.09. The fourth-order valence-electron chi connectivity index (χ4n) is 4.09. The minimum Gasteiger partial charge on any atom is -0.507 e. The predicted octanol–water partition coefficient (Wildman–Crippen LogP) is 7.11. The third-order valence-corrected chi connectivity index (χ3v) is 5.99. The number of phenols is 1. The molecule has 1 saturated carbocycles. The number of aromatic nitrogens is 2. The quantitative estimate of drug-likeness (QED) is 0.394. The summed E-state index contributed by atoms with van der Waals surface area (Å²) in [5, 5.41) is 16.4. The van der Waals surface area contributed by atoms with E-state index in [9.17, 15) is 18.3 Å². The van der Waals surface area contributed by atoms with E-state index in [-0.39, 0.29) is 22.8 Å². The Bertz CT molecular complexity index is 1070. The van der Waals surface area contributed by atoms with Gasteiger partial charge in [-0.1, -0.05) is 38.3 Å². The average Bonchev–Trinajstić information content (AvgIpc) is 3.23. The molecule has 0 saturated heterocycles. The Balaban J connectivity index is 1.60. The van der Waals surface area contributed by atoms with E-state index in [0.29, 0.717) is 18.3 Å². The zero-order valence-corrected chi connectivity index (χ0v) is 18.4. The molecule has 176 valence electrons. The Morgan fingerprint density at radius 1 is 1.03 bits per heavy atom. The van der Waals surface area contributed by atoms with Gasteiger partial charge < -0.3 is 14.6 Å². The number of ether oxygens (including phenoxy) is 2. The number of nitrogens with zero attached hydrogens (tertiary/aromatic N) is 1. The van der Waals surface area contributed by atoms with Gasteiger partial charge in [0.05, 0.1) is 6.61 Å². The van der Waals surface area contributed by atoms with Gasteiger partial charge in [-0.25, -0.2) is 0 Å². The topological polar surface area (TPSA) is 67.4 Å². The molecule has 0 amide bonds. The summed E-state index contributed by atoms with van der Waals surface area (Å²) in [5.41, 5.74) is -0.0912. The van der Waals surface area contributed by atoms with Crippen LogP contribution in [0, 0.1) is 5.92 Å². The third-order valence-electron chi connectivity index (χ3n) is 5.99. The molecule has 3 aromatic rings. The molecule has 2 N–H and O–H groups in total. The highest BCUT2D eigenvalue weighted by Crippen LogP contribution is 2.45. The first-order valence-corrected chi connectivity index (χ1v) is 11.2. The molecule has 0 spiro atoms. The fraction of sp³-hybridized carbons (Fsp3) is 0.400. The summed E-state index contributed by atoms with van der Waals surface area (Å²) in [7, 11) is 0. The van der Waals surface area contributed by atoms with Crippen LogP contribution in [0.2, 0.25) is 0 Å². The van der Waals surface area contributed by atoms with Gasteiger partial charge in [0.1, 0.15) is 22.9 Å². The summed E-state index contributed by atoms with van der Waals surface area (Å²) in [6.07, 6.45) is 1.99. The zero-order valence-electron chi connectivity index (χ0n) is 18.4. The molecule has 0 radical (unpaired) electrons. The number of halogens is 3. The van der Waals surface area contributed by atoms with Crippen LogP contribution in [0.15, 0.2) is 42.5 Å². The predicted molar refractivity (Wildman–Crippen MR) is 119 cm³/mol. The van der Waals surface area contributed by atoms with Crippen molar-refractivity contribution in [3.8, 4) is 34.3 Å². The van der Waals surface area contributed by atoms with Crippen molar-refractivity contribution in [1.29, 1.82) is 0 Å². The largest absolute Gasteiger partial charge is 0.507 e. The smallest absolute Gasteiger partial charge is 0.436 e. The molecule has 1 aromatic heterocycles. The van der Waals surface area contributed by atoms with Gasteiger partial charge in [-0.2, -0.15) is 18.3 Å². The molecule has 2 aromatic carbocycles. The van der Waals surface area contributed by atoms with Crippen molar-refractivity contribution in [2.24, 2.45) is 5.92 Å². The number of nitrogens with one attached hydrogen (secondary N) is 1. The number of aryl methyl sites for hydroxylation is 1. The molecule has 0 bridgehead atoms. The number of phenolic OH excluding ortho intramolecular Hbond substituents is 1. The molecule has 1 heterocycles. The second kappa shape index (κ2) is 9.77. The molecule has 1 fully saturated rings. The first-order valence-electron chi connectivity index (χ1n) is 11.2. The maximum atomic E-state index is 13.6. The van der Waals surface area contributed by atoms with E-state index in [1.54, 1.807) is 30.3 Å². The van der Waals surface area contributed by atoms with Gasteiger partial charge in [-0.3, -0.25) is 5.10 Å². The van der Waals surface area contributed by atoms with Gasteiger partial charge >= 0.3 is 6.18 Å². The molecular formula is C25H27F3N2O3. The Morgan fingerprint density at radius 3 is 2.36 bits per heavy atom. The lowest BCUT2D eigenvalue weighted by Crippen LogP contribution is -2.15. The Labute approximate surface area is 190 Å². The van der Waals surface area contributed by atoms with Crippen molar-refractivity contribution in [2.75, 3.05) is 6.61 Å². The normalized spacial score (nSPS) is 14.9. The molecule has 0 aliphatic heterocycles. The van der Waals surface area contributed by atoms with E-state index >= 15 is 0 Å². The van der Waals surface area contributed by atoms with Crippen molar-refractivity contribution < 1.29 is 27.8 Å². The van der Waals surface area contributed by atoms with Crippen molar-refractivity contribution in [3.05, 3.63) is 53.7 Å². The first kappa shape index (κ1) is 23.0. The number of aromatic amines is 1. The number of benzene rings is 2. The molecule has 0 unspecified atom stereocenters. The van der Waals surface area contributed by atoms with Crippen LogP contribution in [0.5, 0.6) is 23.0 Å². The monoisotopic (exact) mass is 460 g/mol. The van der Waals surface area contributed by atoms with E-state index < -0.39 is 17.6 Å². The van der Waals surface area contributed by atoms with Crippen LogP contribution >= 0.6 is 0 Å². The van der Waals surface area contributed by atoms with Gasteiger partial charge in [0.2, 0.25) is 0 Å². The highest BCUT2D eigenvalue weighted by molar-refractivity contribution is 5.74. The maximum Gasteiger partial charge on any atom is 0.436 e. The molecule has 1 aliphatic carbocycles. The summed E-state index contributed by atoms with van der Waals surface area (Å²) in [4.78, 5) is 0. The summed E-state index contributed by atoms with van der Waals surface area (Å²) < 4.78 is 52.3. The summed E-state index contributed by atoms with van der Waals surface area (Å²) in [6, 6.07) is 11.3. The molecule has 1 aliphatic rings. The minimum atomic E-state index is -4.71. The van der Waals surface area contributed by atoms with Crippen molar-refractivity contribution in [3.63, 3.8) is 0 Å². The highest BCUT2D eigenvalue weighted by Gasteiger charge is 2.39. The molecule has 8 heteroatoms. The molecule has 0 atom stereocenters. The van der Waals surface area contributed by atoms with E-state index in [2.05, 4.69) is 5.10 Å². The summed E-state index contributed by atoms with van der Waals surface area (Å²) in [6.45, 7) is 2.54. The van der Waals surface area contributed by atoms with Crippen molar-refractivity contribution in [2.45, 2.75) is 51.6 Å². The van der Waals surface area contributed by atoms with E-state index in [0.717, 1.165) is 24.8 Å². The highest BCUT2D eigenvalue weighted by atomic mass is 19.4. The van der Waals surface area contributed by atoms with Gasteiger partial charge in [-0.15, -0.1) is 0 Å². The molecule has 33 heavy (non-hydrogen) atoms. The summed E-state index contributed by atoms with van der Waals surface area (Å²) >= 11 is 0. The van der Waals surface area contributed by atoms with Crippen LogP contribution in [0.3, 0.4) is 0 Å². The lowest BCUT2D eigenvalue weighted by atomic mass is 9.90. The third kappa shape index (κ3) is 5.43. The Morgan fingerprint density at radius 2 is 1.73 bits per heavy atom. The number of rotatable bonds is 7. The lowest BCUT2D eigenvalue weighted by Gasteiger charge is -2.21. The van der Waals surface area contributed by atoms with E-state index in [1.165, 1.54) is 31.4 Å². The molecular weight excluding hydrogens is 433 g/mol. The second-order valence-corrected chi connectivity index (χ2v) is 8.37. The van der Waals surface area contributed by atoms with Crippen LogP contribution in [0.4, 0.5) is 13.2 Å². The molecule has 4 rings (SSSR count). The Kier molecular flexibility index (Phi) is 6.81. The van der Waals surface area contributed by atoms with Gasteiger partial charge in [0, 0.05) is 11.6 Å². The lowest BCUT2D eigenvalue weighted by molar-refractivity contribution is -0.142. The van der Waals surface area contributed by atoms with Gasteiger partial charge in [-0.05, 0) is 55.0 Å². The van der Waals surface area contributed by atoms with Crippen LogP contribution in [-0.2, 0) is 12.6 Å². The standard InChI is InChI=1S/C25H27F3N2O3/c1-2-16-8-10-18(11-9-16)33-23-22(29-30-24(23)25(26,27)28)20-13-12-19(14-21(20)31)32-15-17-6-4-3-5-7-17/h8-14,17,31H,2-7,15H2,1H3,(H,29,30). The first-order chi connectivity index (χ1) is 15.8. The SMILES string of the molecule is CCc1ccc(Oc2c(-c3ccc(OCC4CCCCC4)cc3O)n[nH]c2C(F)(F)F)cc1. The van der Waals surface area contributed by atoms with Crippen LogP contribution in [-0.4, -0.2) is 21.9 Å². The van der Waals surface area contributed by atoms with E-state index in [1.807, 2.05) is 12.0 Å². The van der Waals surface area contributed by atoms with Gasteiger partial charge in [0.25, 0.3) is 0 Å². The van der Waals surface area contributed by atoms with Crippen molar-refractivity contribution in [1.82, 2.24) is 10.2 Å². The van der Waals surface area contributed by atoms with Crippen LogP contribution in [0.25, 0.3) is 11.3 Å². The summed E-state index contributed by atoms with van der Waals surface area (Å²) in [5.74, 6) is 0.471. The van der Waals surface area contributed by atoms with Crippen molar-refractivity contribution >= 4 is 0 Å². The van der Waals surface area contributed by atoms with Gasteiger partial charge in [0.15, 0.2) is 11.4 Å². The number of hydrogen-bond donors (Lipinski definition) is 2. The maximum absolute atomic E-state index is 13.6. The number of H-pyrrole nitrogens is 1. The number of aromatic hydroxyl groups is 1. The zero-order chi connectivity index (χ0) is 23.4. The second-order valence-electron chi connectivity index (χ2n) is 8.37. The minimum absolute atomic E-state index is 0.118. The number of alkyl halides is 3. The van der Waals surface area contributed by atoms with Crippen LogP contribution in [0.1, 0.15) is 50.3 Å².